The molecule has 0 bridgehead atoms. The molecule has 20 heavy (non-hydrogen) atoms. The number of hydrogen-bond acceptors (Lipinski definition) is 4. The Morgan fingerprint density at radius 3 is 2.30 bits per heavy atom. The predicted octanol–water partition coefficient (Wildman–Crippen LogP) is 2.47. The predicted molar refractivity (Wildman–Crippen MR) is 77.6 cm³/mol. The maximum atomic E-state index is 12.1. The summed E-state index contributed by atoms with van der Waals surface area (Å²) in [5.41, 5.74) is 1.39. The van der Waals surface area contributed by atoms with E-state index in [1.807, 2.05) is 13.8 Å². The van der Waals surface area contributed by atoms with Gasteiger partial charge >= 0.3 is 0 Å². The van der Waals surface area contributed by atoms with Crippen LogP contribution >= 0.6 is 0 Å². The zero-order chi connectivity index (χ0) is 14.5. The van der Waals surface area contributed by atoms with Crippen molar-refractivity contribution >= 4 is 10.9 Å². The van der Waals surface area contributed by atoms with Gasteiger partial charge in [0.2, 0.25) is 0 Å². The summed E-state index contributed by atoms with van der Waals surface area (Å²) in [6.07, 6.45) is 0. The van der Waals surface area contributed by atoms with Crippen LogP contribution in [0.25, 0.3) is 10.9 Å². The fourth-order valence-electron chi connectivity index (χ4n) is 2.08. The number of pyridine rings is 1. The van der Waals surface area contributed by atoms with Crippen LogP contribution in [0.4, 0.5) is 0 Å². The first-order chi connectivity index (χ1) is 9.69. The molecular formula is C15H19NO4. The lowest BCUT2D eigenvalue weighted by atomic mass is 10.1. The van der Waals surface area contributed by atoms with Crippen LogP contribution in [0.1, 0.15) is 19.5 Å². The Morgan fingerprint density at radius 1 is 1.05 bits per heavy atom. The lowest BCUT2D eigenvalue weighted by Crippen LogP contribution is -2.07. The molecule has 0 saturated heterocycles. The van der Waals surface area contributed by atoms with E-state index in [0.717, 1.165) is 11.2 Å². The van der Waals surface area contributed by atoms with Gasteiger partial charge in [0.05, 0.1) is 25.3 Å². The van der Waals surface area contributed by atoms with Gasteiger partial charge in [-0.25, -0.2) is 0 Å². The molecule has 1 N–H and O–H groups in total. The van der Waals surface area contributed by atoms with Crippen molar-refractivity contribution < 1.29 is 14.2 Å². The maximum absolute atomic E-state index is 12.1. The summed E-state index contributed by atoms with van der Waals surface area (Å²) >= 11 is 0. The zero-order valence-corrected chi connectivity index (χ0v) is 12.0. The third-order valence-corrected chi connectivity index (χ3v) is 2.85. The molecule has 0 spiro atoms. The van der Waals surface area contributed by atoms with E-state index < -0.39 is 0 Å². The molecule has 5 heteroatoms. The molecule has 0 amide bonds. The van der Waals surface area contributed by atoms with E-state index in [-0.39, 0.29) is 5.43 Å². The van der Waals surface area contributed by atoms with Gasteiger partial charge in [-0.05, 0) is 19.9 Å². The standard InChI is InChI=1S/C15H19NO4/c1-4-19-14-7-11-12(8-15(14)20-5-2)16-10(9-18-3)6-13(11)17/h6-8H,4-5,9H2,1-3H3,(H,16,17). The minimum Gasteiger partial charge on any atom is -0.490 e. The summed E-state index contributed by atoms with van der Waals surface area (Å²) < 4.78 is 16.1. The van der Waals surface area contributed by atoms with E-state index in [9.17, 15) is 4.79 Å². The number of aromatic amines is 1. The van der Waals surface area contributed by atoms with E-state index in [2.05, 4.69) is 4.98 Å². The van der Waals surface area contributed by atoms with Crippen molar-refractivity contribution in [2.45, 2.75) is 20.5 Å². The molecule has 0 fully saturated rings. The van der Waals surface area contributed by atoms with Gasteiger partial charge in [-0.3, -0.25) is 4.79 Å². The second-order valence-electron chi connectivity index (χ2n) is 4.30. The molecule has 2 aromatic rings. The molecule has 0 saturated carbocycles. The number of nitrogens with one attached hydrogen (secondary N) is 1. The van der Waals surface area contributed by atoms with Crippen molar-refractivity contribution in [3.05, 3.63) is 34.1 Å². The van der Waals surface area contributed by atoms with Gasteiger partial charge in [-0.15, -0.1) is 0 Å². The molecule has 5 nitrogen and oxygen atoms in total. The molecule has 0 unspecified atom stereocenters. The van der Waals surface area contributed by atoms with Gasteiger partial charge in [0.25, 0.3) is 0 Å². The van der Waals surface area contributed by atoms with Crippen LogP contribution in [0, 0.1) is 0 Å². The summed E-state index contributed by atoms with van der Waals surface area (Å²) in [7, 11) is 1.59. The van der Waals surface area contributed by atoms with Gasteiger partial charge in [0, 0.05) is 30.3 Å². The first kappa shape index (κ1) is 14.4. The number of H-pyrrole nitrogens is 1. The Labute approximate surface area is 117 Å². The fourth-order valence-corrected chi connectivity index (χ4v) is 2.08. The smallest absolute Gasteiger partial charge is 0.189 e. The molecule has 0 aliphatic rings. The number of methoxy groups -OCH3 is 1. The van der Waals surface area contributed by atoms with E-state index in [1.54, 1.807) is 25.3 Å². The van der Waals surface area contributed by atoms with Crippen molar-refractivity contribution in [3.8, 4) is 11.5 Å². The molecule has 1 heterocycles. The summed E-state index contributed by atoms with van der Waals surface area (Å²) in [4.78, 5) is 15.3. The second kappa shape index (κ2) is 6.43. The number of benzene rings is 1. The number of ether oxygens (including phenoxy) is 3. The minimum absolute atomic E-state index is 0.0604. The third-order valence-electron chi connectivity index (χ3n) is 2.85. The highest BCUT2D eigenvalue weighted by Gasteiger charge is 2.10. The molecule has 0 aliphatic carbocycles. The zero-order valence-electron chi connectivity index (χ0n) is 12.0. The number of rotatable bonds is 6. The van der Waals surface area contributed by atoms with Gasteiger partial charge < -0.3 is 19.2 Å². The molecular weight excluding hydrogens is 258 g/mol. The van der Waals surface area contributed by atoms with Crippen molar-refractivity contribution in [2.75, 3.05) is 20.3 Å². The Kier molecular flexibility index (Phi) is 4.63. The molecule has 108 valence electrons. The topological polar surface area (TPSA) is 60.5 Å². The highest BCUT2D eigenvalue weighted by molar-refractivity contribution is 5.82. The van der Waals surface area contributed by atoms with Crippen molar-refractivity contribution in [3.63, 3.8) is 0 Å². The van der Waals surface area contributed by atoms with E-state index in [4.69, 9.17) is 14.2 Å². The average Bonchev–Trinajstić information content (AvgIpc) is 2.41. The molecule has 1 aromatic carbocycles. The minimum atomic E-state index is -0.0604. The maximum Gasteiger partial charge on any atom is 0.189 e. The third kappa shape index (κ3) is 2.93. The van der Waals surface area contributed by atoms with Crippen LogP contribution in [0.5, 0.6) is 11.5 Å². The van der Waals surface area contributed by atoms with E-state index in [0.29, 0.717) is 36.7 Å². The van der Waals surface area contributed by atoms with Gasteiger partial charge in [0.15, 0.2) is 16.9 Å². The fraction of sp³-hybridized carbons (Fsp3) is 0.400. The summed E-state index contributed by atoms with van der Waals surface area (Å²) in [6, 6.07) is 5.06. The van der Waals surface area contributed by atoms with Gasteiger partial charge in [0.1, 0.15) is 0 Å². The van der Waals surface area contributed by atoms with Gasteiger partial charge in [-0.2, -0.15) is 0 Å². The summed E-state index contributed by atoms with van der Waals surface area (Å²) in [6.45, 7) is 5.22. The normalized spacial score (nSPS) is 10.8. The Balaban J connectivity index is 2.60. The van der Waals surface area contributed by atoms with Crippen molar-refractivity contribution in [1.82, 2.24) is 4.98 Å². The summed E-state index contributed by atoms with van der Waals surface area (Å²) in [5, 5.41) is 0.580. The molecule has 2 rings (SSSR count). The van der Waals surface area contributed by atoms with Crippen LogP contribution in [0.3, 0.4) is 0 Å². The quantitative estimate of drug-likeness (QED) is 0.881. The molecule has 0 radical (unpaired) electrons. The van der Waals surface area contributed by atoms with E-state index >= 15 is 0 Å². The first-order valence-electron chi connectivity index (χ1n) is 6.64. The lowest BCUT2D eigenvalue weighted by Gasteiger charge is -2.12. The Hall–Kier alpha value is -2.01. The Morgan fingerprint density at radius 2 is 1.70 bits per heavy atom. The SMILES string of the molecule is CCOc1cc2[nH]c(COC)cc(=O)c2cc1OCC. The lowest BCUT2D eigenvalue weighted by molar-refractivity contribution is 0.181. The van der Waals surface area contributed by atoms with Crippen LogP contribution < -0.4 is 14.9 Å². The highest BCUT2D eigenvalue weighted by atomic mass is 16.5. The second-order valence-corrected chi connectivity index (χ2v) is 4.30. The largest absolute Gasteiger partial charge is 0.490 e. The number of hydrogen-bond donors (Lipinski definition) is 1. The monoisotopic (exact) mass is 277 g/mol. The van der Waals surface area contributed by atoms with Gasteiger partial charge in [-0.1, -0.05) is 0 Å². The first-order valence-corrected chi connectivity index (χ1v) is 6.64. The van der Waals surface area contributed by atoms with Crippen LogP contribution in [0.2, 0.25) is 0 Å². The average molecular weight is 277 g/mol. The van der Waals surface area contributed by atoms with Crippen molar-refractivity contribution in [1.29, 1.82) is 0 Å². The number of aromatic nitrogens is 1. The Bertz CT molecular complexity index is 648. The summed E-state index contributed by atoms with van der Waals surface area (Å²) in [5.74, 6) is 1.22. The molecule has 0 atom stereocenters. The van der Waals surface area contributed by atoms with Crippen LogP contribution in [-0.2, 0) is 11.3 Å². The molecule has 0 aliphatic heterocycles. The van der Waals surface area contributed by atoms with E-state index in [1.165, 1.54) is 0 Å². The van der Waals surface area contributed by atoms with Crippen LogP contribution in [-0.4, -0.2) is 25.3 Å². The number of fused-ring (bicyclic) bond motifs is 1. The highest BCUT2D eigenvalue weighted by Crippen LogP contribution is 2.31. The molecule has 1 aromatic heterocycles. The van der Waals surface area contributed by atoms with Crippen molar-refractivity contribution in [2.24, 2.45) is 0 Å². The van der Waals surface area contributed by atoms with Crippen LogP contribution in [0.15, 0.2) is 23.0 Å².